The first kappa shape index (κ1) is 26.2. The van der Waals surface area contributed by atoms with E-state index in [-0.39, 0.29) is 5.91 Å². The van der Waals surface area contributed by atoms with Crippen molar-refractivity contribution >= 4 is 41.0 Å². The topological polar surface area (TPSA) is 98.2 Å². The zero-order chi connectivity index (χ0) is 23.7. The third-order valence-electron chi connectivity index (χ3n) is 5.90. The number of rotatable bonds is 6. The highest BCUT2D eigenvalue weighted by molar-refractivity contribution is 6.42. The lowest BCUT2D eigenvalue weighted by Gasteiger charge is -2.42. The molecule has 2 atom stereocenters. The summed E-state index contributed by atoms with van der Waals surface area (Å²) in [7, 11) is 1.97. The van der Waals surface area contributed by atoms with Crippen molar-refractivity contribution in [1.29, 1.82) is 0 Å². The van der Waals surface area contributed by atoms with Gasteiger partial charge in [-0.05, 0) is 56.5 Å². The van der Waals surface area contributed by atoms with Crippen LogP contribution in [0.2, 0.25) is 10.0 Å². The molecule has 1 saturated carbocycles. The molecule has 0 unspecified atom stereocenters. The second kappa shape index (κ2) is 12.8. The van der Waals surface area contributed by atoms with Crippen molar-refractivity contribution in [1.82, 2.24) is 9.80 Å². The third-order valence-corrected chi connectivity index (χ3v) is 6.64. The smallest absolute Gasteiger partial charge is 0.328 e. The molecule has 2 N–H and O–H groups in total. The van der Waals surface area contributed by atoms with Crippen LogP contribution in [0.5, 0.6) is 0 Å². The molecule has 1 amide bonds. The first-order chi connectivity index (χ1) is 15.2. The van der Waals surface area contributed by atoms with Crippen molar-refractivity contribution in [2.24, 2.45) is 0 Å². The number of carbonyl (C=O) groups is 3. The zero-order valence-corrected chi connectivity index (χ0v) is 19.7. The van der Waals surface area contributed by atoms with E-state index >= 15 is 0 Å². The normalized spacial score (nSPS) is 21.1. The second-order valence-electron chi connectivity index (χ2n) is 8.10. The van der Waals surface area contributed by atoms with Crippen LogP contribution < -0.4 is 0 Å². The number of carboxylic acids is 2. The SMILES string of the molecule is CN(C(=O)Cc1ccc(Cl)c(Cl)c1)[C@@H]1CCCC[C@H]1N1CCCC1.O=C(O)C=CC(=O)O. The fourth-order valence-corrected chi connectivity index (χ4v) is 4.64. The molecule has 7 nitrogen and oxygen atoms in total. The van der Waals surface area contributed by atoms with Crippen molar-refractivity contribution in [2.45, 2.75) is 57.0 Å². The van der Waals surface area contributed by atoms with Crippen molar-refractivity contribution in [3.05, 3.63) is 46.0 Å². The van der Waals surface area contributed by atoms with Crippen LogP contribution in [-0.2, 0) is 20.8 Å². The van der Waals surface area contributed by atoms with Gasteiger partial charge in [-0.2, -0.15) is 0 Å². The first-order valence-corrected chi connectivity index (χ1v) is 11.5. The highest BCUT2D eigenvalue weighted by Crippen LogP contribution is 2.29. The summed E-state index contributed by atoms with van der Waals surface area (Å²) >= 11 is 12.0. The summed E-state index contributed by atoms with van der Waals surface area (Å²) in [5.74, 6) is -2.34. The van der Waals surface area contributed by atoms with E-state index in [1.807, 2.05) is 18.0 Å². The summed E-state index contributed by atoms with van der Waals surface area (Å²) in [5.41, 5.74) is 0.926. The molecule has 1 aromatic rings. The summed E-state index contributed by atoms with van der Waals surface area (Å²) in [6.07, 6.45) is 8.93. The zero-order valence-electron chi connectivity index (χ0n) is 18.2. The van der Waals surface area contributed by atoms with E-state index in [0.29, 0.717) is 40.7 Å². The number of hydrogen-bond acceptors (Lipinski definition) is 4. The number of hydrogen-bond donors (Lipinski definition) is 2. The molecule has 0 aromatic heterocycles. The standard InChI is InChI=1S/C19H26Cl2N2O.C4H4O4/c1-22(19(24)13-14-8-9-15(20)16(21)12-14)17-6-2-3-7-18(17)23-10-4-5-11-23;5-3(6)1-2-4(7)8/h8-9,12,17-18H,2-7,10-11,13H2,1H3;1-2H,(H,5,6)(H,7,8)/t17-,18-;/m1./s1. The molecular weight excluding hydrogens is 455 g/mol. The lowest BCUT2D eigenvalue weighted by molar-refractivity contribution is -0.134. The Kier molecular flexibility index (Phi) is 10.5. The molecule has 3 rings (SSSR count). The Balaban J connectivity index is 0.000000390. The third kappa shape index (κ3) is 8.11. The summed E-state index contributed by atoms with van der Waals surface area (Å²) in [6, 6.07) is 6.32. The molecule has 2 fully saturated rings. The summed E-state index contributed by atoms with van der Waals surface area (Å²) in [5, 5.41) is 16.7. The Morgan fingerprint density at radius 2 is 1.59 bits per heavy atom. The largest absolute Gasteiger partial charge is 0.478 e. The van der Waals surface area contributed by atoms with Gasteiger partial charge in [-0.1, -0.05) is 42.1 Å². The molecule has 0 bridgehead atoms. The molecule has 2 aliphatic rings. The Bertz CT molecular complexity index is 824. The summed E-state index contributed by atoms with van der Waals surface area (Å²) < 4.78 is 0. The van der Waals surface area contributed by atoms with Gasteiger partial charge in [0.1, 0.15) is 0 Å². The average Bonchev–Trinajstić information content (AvgIpc) is 3.29. The van der Waals surface area contributed by atoms with Crippen molar-refractivity contribution < 1.29 is 24.6 Å². The maximum atomic E-state index is 12.8. The van der Waals surface area contributed by atoms with Gasteiger partial charge in [0.25, 0.3) is 0 Å². The Morgan fingerprint density at radius 3 is 2.16 bits per heavy atom. The quantitative estimate of drug-likeness (QED) is 0.589. The number of benzene rings is 1. The summed E-state index contributed by atoms with van der Waals surface area (Å²) in [6.45, 7) is 2.38. The molecule has 9 heteroatoms. The minimum absolute atomic E-state index is 0.171. The second-order valence-corrected chi connectivity index (χ2v) is 8.92. The highest BCUT2D eigenvalue weighted by atomic mass is 35.5. The van der Waals surface area contributed by atoms with Crippen molar-refractivity contribution in [2.75, 3.05) is 20.1 Å². The minimum atomic E-state index is -1.26. The van der Waals surface area contributed by atoms with Crippen LogP contribution in [0.1, 0.15) is 44.1 Å². The van der Waals surface area contributed by atoms with Gasteiger partial charge in [-0.15, -0.1) is 0 Å². The number of nitrogens with zero attached hydrogens (tertiary/aromatic N) is 2. The molecule has 0 radical (unpaired) electrons. The first-order valence-electron chi connectivity index (χ1n) is 10.8. The minimum Gasteiger partial charge on any atom is -0.478 e. The van der Waals surface area contributed by atoms with Crippen LogP contribution in [0.15, 0.2) is 30.4 Å². The van der Waals surface area contributed by atoms with Gasteiger partial charge in [0.05, 0.1) is 16.5 Å². The van der Waals surface area contributed by atoms with Gasteiger partial charge in [-0.25, -0.2) is 9.59 Å². The number of likely N-dealkylation sites (N-methyl/N-ethyl adjacent to an activating group) is 1. The van der Waals surface area contributed by atoms with Crippen LogP contribution in [0.25, 0.3) is 0 Å². The lowest BCUT2D eigenvalue weighted by Crippen LogP contribution is -2.53. The van der Waals surface area contributed by atoms with Crippen LogP contribution in [-0.4, -0.2) is 70.1 Å². The predicted molar refractivity (Wildman–Crippen MR) is 124 cm³/mol. The van der Waals surface area contributed by atoms with Gasteiger partial charge in [0, 0.05) is 31.3 Å². The number of aliphatic carboxylic acids is 2. The maximum Gasteiger partial charge on any atom is 0.328 e. The van der Waals surface area contributed by atoms with Gasteiger partial charge in [-0.3, -0.25) is 9.69 Å². The average molecular weight is 485 g/mol. The summed E-state index contributed by atoms with van der Waals surface area (Å²) in [4.78, 5) is 36.5. The van der Waals surface area contributed by atoms with E-state index < -0.39 is 11.9 Å². The Labute approximate surface area is 198 Å². The van der Waals surface area contributed by atoms with Crippen LogP contribution in [0.4, 0.5) is 0 Å². The Hall–Kier alpha value is -2.09. The predicted octanol–water partition coefficient (Wildman–Crippen LogP) is 4.11. The molecule has 0 spiro atoms. The van der Waals surface area contributed by atoms with Gasteiger partial charge in [0.15, 0.2) is 0 Å². The van der Waals surface area contributed by atoms with E-state index in [0.717, 1.165) is 12.0 Å². The Morgan fingerprint density at radius 1 is 1.00 bits per heavy atom. The fourth-order valence-electron chi connectivity index (χ4n) is 4.32. The van der Waals surface area contributed by atoms with E-state index in [1.54, 1.807) is 12.1 Å². The number of halogens is 2. The van der Waals surface area contributed by atoms with Crippen LogP contribution in [0.3, 0.4) is 0 Å². The molecule has 1 aliphatic heterocycles. The van der Waals surface area contributed by atoms with E-state index in [1.165, 1.54) is 45.2 Å². The molecule has 1 heterocycles. The number of amides is 1. The highest BCUT2D eigenvalue weighted by Gasteiger charge is 2.35. The fraction of sp³-hybridized carbons (Fsp3) is 0.522. The van der Waals surface area contributed by atoms with E-state index in [9.17, 15) is 14.4 Å². The van der Waals surface area contributed by atoms with Crippen molar-refractivity contribution in [3.8, 4) is 0 Å². The molecule has 1 saturated heterocycles. The van der Waals surface area contributed by atoms with Gasteiger partial charge < -0.3 is 15.1 Å². The molecule has 32 heavy (non-hydrogen) atoms. The lowest BCUT2D eigenvalue weighted by atomic mass is 9.88. The monoisotopic (exact) mass is 484 g/mol. The van der Waals surface area contributed by atoms with Crippen molar-refractivity contribution in [3.63, 3.8) is 0 Å². The molecule has 1 aromatic carbocycles. The van der Waals surface area contributed by atoms with Gasteiger partial charge >= 0.3 is 11.9 Å². The van der Waals surface area contributed by atoms with E-state index in [4.69, 9.17) is 33.4 Å². The number of likely N-dealkylation sites (tertiary alicyclic amines) is 1. The maximum absolute atomic E-state index is 12.8. The van der Waals surface area contributed by atoms with Crippen LogP contribution >= 0.6 is 23.2 Å². The molecule has 176 valence electrons. The molecule has 1 aliphatic carbocycles. The number of carboxylic acid groups (broad SMARTS) is 2. The van der Waals surface area contributed by atoms with Gasteiger partial charge in [0.2, 0.25) is 5.91 Å². The van der Waals surface area contributed by atoms with Crippen LogP contribution in [0, 0.1) is 0 Å². The number of carbonyl (C=O) groups excluding carboxylic acids is 1. The molecular formula is C23H30Cl2N2O5. The van der Waals surface area contributed by atoms with E-state index in [2.05, 4.69) is 4.90 Å².